The second kappa shape index (κ2) is 7.44. The van der Waals surface area contributed by atoms with E-state index in [-0.39, 0.29) is 12.1 Å². The summed E-state index contributed by atoms with van der Waals surface area (Å²) in [6.07, 6.45) is 1.76. The van der Waals surface area contributed by atoms with Gasteiger partial charge in [0.25, 0.3) is 0 Å². The fourth-order valence-electron chi connectivity index (χ4n) is 3.46. The number of nitrogens with one attached hydrogen (secondary N) is 1. The second-order valence-corrected chi connectivity index (χ2v) is 6.86. The summed E-state index contributed by atoms with van der Waals surface area (Å²) in [6, 6.07) is 16.5. The normalized spacial score (nSPS) is 18.8. The third kappa shape index (κ3) is 3.14. The molecule has 0 bridgehead atoms. The maximum Gasteiger partial charge on any atom is 0.338 e. The van der Waals surface area contributed by atoms with Gasteiger partial charge in [0.15, 0.2) is 5.11 Å². The van der Waals surface area contributed by atoms with Crippen LogP contribution in [0.15, 0.2) is 65.2 Å². The van der Waals surface area contributed by atoms with Crippen LogP contribution in [0.25, 0.3) is 11.3 Å². The van der Waals surface area contributed by atoms with Crippen LogP contribution in [0.5, 0.6) is 0 Å². The molecule has 6 nitrogen and oxygen atoms in total. The number of esters is 1. The van der Waals surface area contributed by atoms with Crippen LogP contribution in [-0.4, -0.2) is 35.1 Å². The molecule has 0 saturated carbocycles. The molecule has 0 spiro atoms. The zero-order valence-electron chi connectivity index (χ0n) is 15.5. The van der Waals surface area contributed by atoms with E-state index >= 15 is 0 Å². The van der Waals surface area contributed by atoms with Gasteiger partial charge in [0.2, 0.25) is 0 Å². The van der Waals surface area contributed by atoms with Gasteiger partial charge in [0.05, 0.1) is 24.4 Å². The van der Waals surface area contributed by atoms with Crippen molar-refractivity contribution in [2.24, 2.45) is 0 Å². The number of furan rings is 1. The third-order valence-electron chi connectivity index (χ3n) is 4.85. The van der Waals surface area contributed by atoms with Crippen molar-refractivity contribution in [1.29, 1.82) is 0 Å². The molecule has 142 valence electrons. The van der Waals surface area contributed by atoms with Gasteiger partial charge < -0.3 is 19.4 Å². The largest absolute Gasteiger partial charge is 0.465 e. The van der Waals surface area contributed by atoms with Gasteiger partial charge in [-0.3, -0.25) is 4.98 Å². The SMILES string of the molecule is COC(=O)c1ccccc1-c1ccc([C@H]2[C@@H](c3ccccn3)NC(=S)N2C)o1. The maximum atomic E-state index is 12.1. The molecule has 7 heteroatoms. The first-order valence-corrected chi connectivity index (χ1v) is 9.22. The molecule has 1 aromatic carbocycles. The van der Waals surface area contributed by atoms with E-state index < -0.39 is 5.97 Å². The predicted molar refractivity (Wildman–Crippen MR) is 109 cm³/mol. The zero-order chi connectivity index (χ0) is 19.7. The first-order chi connectivity index (χ1) is 13.6. The number of hydrogen-bond donors (Lipinski definition) is 1. The van der Waals surface area contributed by atoms with Gasteiger partial charge in [0.1, 0.15) is 17.6 Å². The zero-order valence-corrected chi connectivity index (χ0v) is 16.3. The summed E-state index contributed by atoms with van der Waals surface area (Å²) in [5.41, 5.74) is 2.03. The molecule has 2 aromatic heterocycles. The van der Waals surface area contributed by atoms with Crippen LogP contribution >= 0.6 is 12.2 Å². The van der Waals surface area contributed by atoms with Crippen LogP contribution in [0.1, 0.15) is 33.9 Å². The molecule has 1 N–H and O–H groups in total. The minimum atomic E-state index is -0.402. The Morgan fingerprint density at radius 2 is 1.96 bits per heavy atom. The molecule has 0 radical (unpaired) electrons. The van der Waals surface area contributed by atoms with Crippen molar-refractivity contribution in [2.75, 3.05) is 14.2 Å². The molecule has 1 saturated heterocycles. The Morgan fingerprint density at radius 3 is 2.71 bits per heavy atom. The number of thiocarbonyl (C=S) groups is 1. The molecule has 1 aliphatic rings. The highest BCUT2D eigenvalue weighted by atomic mass is 32.1. The highest BCUT2D eigenvalue weighted by molar-refractivity contribution is 7.80. The number of ether oxygens (including phenoxy) is 1. The lowest BCUT2D eigenvalue weighted by Crippen LogP contribution is -2.24. The highest BCUT2D eigenvalue weighted by Gasteiger charge is 2.39. The van der Waals surface area contributed by atoms with E-state index in [0.717, 1.165) is 11.5 Å². The Balaban J connectivity index is 1.73. The summed E-state index contributed by atoms with van der Waals surface area (Å²) < 4.78 is 11.1. The van der Waals surface area contributed by atoms with Crippen LogP contribution in [0.3, 0.4) is 0 Å². The summed E-state index contributed by atoms with van der Waals surface area (Å²) in [4.78, 5) is 18.5. The standard InChI is InChI=1S/C21H19N3O3S/c1-24-19(18(23-21(24)28)15-9-5-6-12-22-15)17-11-10-16(27-17)13-7-3-4-8-14(13)20(25)26-2/h3-12,18-19H,1-2H3,(H,23,28)/t18-,19+/m1/s1. The number of nitrogens with zero attached hydrogens (tertiary/aromatic N) is 2. The van der Waals surface area contributed by atoms with Crippen molar-refractivity contribution in [3.05, 3.63) is 77.8 Å². The summed E-state index contributed by atoms with van der Waals surface area (Å²) in [7, 11) is 3.29. The molecule has 0 amide bonds. The second-order valence-electron chi connectivity index (χ2n) is 6.48. The lowest BCUT2D eigenvalue weighted by atomic mass is 10.0. The Hall–Kier alpha value is -3.19. The fourth-order valence-corrected chi connectivity index (χ4v) is 3.70. The van der Waals surface area contributed by atoms with Crippen molar-refractivity contribution in [3.63, 3.8) is 0 Å². The number of aromatic nitrogens is 1. The van der Waals surface area contributed by atoms with Crippen LogP contribution < -0.4 is 5.32 Å². The number of carbonyl (C=O) groups is 1. The summed E-state index contributed by atoms with van der Waals surface area (Å²) in [6.45, 7) is 0. The van der Waals surface area contributed by atoms with E-state index in [4.69, 9.17) is 21.4 Å². The van der Waals surface area contributed by atoms with E-state index in [9.17, 15) is 4.79 Å². The molecular weight excluding hydrogens is 374 g/mol. The lowest BCUT2D eigenvalue weighted by Gasteiger charge is -2.21. The molecule has 0 unspecified atom stereocenters. The number of carbonyl (C=O) groups excluding carboxylic acids is 1. The first-order valence-electron chi connectivity index (χ1n) is 8.82. The molecule has 4 rings (SSSR count). The number of benzene rings is 1. The summed E-state index contributed by atoms with van der Waals surface area (Å²) >= 11 is 5.45. The quantitative estimate of drug-likeness (QED) is 0.535. The van der Waals surface area contributed by atoms with Gasteiger partial charge in [-0.05, 0) is 42.5 Å². The van der Waals surface area contributed by atoms with Gasteiger partial charge in [-0.15, -0.1) is 0 Å². The lowest BCUT2D eigenvalue weighted by molar-refractivity contribution is 0.0601. The monoisotopic (exact) mass is 393 g/mol. The smallest absolute Gasteiger partial charge is 0.338 e. The van der Waals surface area contributed by atoms with Crippen molar-refractivity contribution in [3.8, 4) is 11.3 Å². The van der Waals surface area contributed by atoms with Crippen LogP contribution in [0, 0.1) is 0 Å². The van der Waals surface area contributed by atoms with E-state index in [0.29, 0.717) is 22.0 Å². The number of rotatable bonds is 4. The fraction of sp³-hybridized carbons (Fsp3) is 0.190. The van der Waals surface area contributed by atoms with E-state index in [1.165, 1.54) is 7.11 Å². The van der Waals surface area contributed by atoms with Crippen molar-refractivity contribution in [2.45, 2.75) is 12.1 Å². The Kier molecular flexibility index (Phi) is 4.83. The molecule has 0 aliphatic carbocycles. The Labute approximate surface area is 168 Å². The van der Waals surface area contributed by atoms with Gasteiger partial charge >= 0.3 is 5.97 Å². The Bertz CT molecular complexity index is 1020. The summed E-state index contributed by atoms with van der Waals surface area (Å²) in [5, 5.41) is 3.95. The highest BCUT2D eigenvalue weighted by Crippen LogP contribution is 2.39. The molecule has 1 aliphatic heterocycles. The van der Waals surface area contributed by atoms with Gasteiger partial charge in [-0.25, -0.2) is 4.79 Å². The van der Waals surface area contributed by atoms with E-state index in [2.05, 4.69) is 10.3 Å². The van der Waals surface area contributed by atoms with E-state index in [1.807, 2.05) is 54.4 Å². The number of methoxy groups -OCH3 is 1. The number of pyridine rings is 1. The van der Waals surface area contributed by atoms with Crippen LogP contribution in [-0.2, 0) is 4.74 Å². The average Bonchev–Trinajstić information content (AvgIpc) is 3.33. The Morgan fingerprint density at radius 1 is 1.18 bits per heavy atom. The van der Waals surface area contributed by atoms with Gasteiger partial charge in [-0.1, -0.05) is 24.3 Å². The van der Waals surface area contributed by atoms with Crippen molar-refractivity contribution >= 4 is 23.3 Å². The van der Waals surface area contributed by atoms with Crippen LogP contribution in [0.2, 0.25) is 0 Å². The van der Waals surface area contributed by atoms with Gasteiger partial charge in [-0.2, -0.15) is 0 Å². The average molecular weight is 393 g/mol. The molecular formula is C21H19N3O3S. The van der Waals surface area contributed by atoms with Crippen molar-refractivity contribution < 1.29 is 13.9 Å². The predicted octanol–water partition coefficient (Wildman–Crippen LogP) is 3.73. The van der Waals surface area contributed by atoms with Crippen LogP contribution in [0.4, 0.5) is 0 Å². The van der Waals surface area contributed by atoms with Gasteiger partial charge in [0, 0.05) is 18.8 Å². The topological polar surface area (TPSA) is 67.6 Å². The maximum absolute atomic E-state index is 12.1. The molecule has 28 heavy (non-hydrogen) atoms. The third-order valence-corrected chi connectivity index (χ3v) is 5.26. The minimum absolute atomic E-state index is 0.131. The summed E-state index contributed by atoms with van der Waals surface area (Å²) in [5.74, 6) is 0.933. The van der Waals surface area contributed by atoms with Crippen molar-refractivity contribution in [1.82, 2.24) is 15.2 Å². The molecule has 2 atom stereocenters. The molecule has 3 heterocycles. The number of likely N-dealkylation sites (N-methyl/N-ethyl adjacent to an activating group) is 1. The molecule has 3 aromatic rings. The van der Waals surface area contributed by atoms with E-state index in [1.54, 1.807) is 18.3 Å². The number of hydrogen-bond acceptors (Lipinski definition) is 5. The first kappa shape index (κ1) is 18.2. The molecule has 1 fully saturated rings. The minimum Gasteiger partial charge on any atom is -0.465 e.